The molecule has 0 fully saturated rings. The maximum atomic E-state index is 5.19. The van der Waals surface area contributed by atoms with Gasteiger partial charge in [-0.05, 0) is 5.92 Å². The van der Waals surface area contributed by atoms with E-state index in [9.17, 15) is 0 Å². The fourth-order valence-corrected chi connectivity index (χ4v) is 0.402. The number of hydrogen-bond donors (Lipinski definition) is 1. The zero-order valence-electron chi connectivity index (χ0n) is 5.68. The van der Waals surface area contributed by atoms with Gasteiger partial charge in [0.15, 0.2) is 0 Å². The van der Waals surface area contributed by atoms with Gasteiger partial charge in [0, 0.05) is 13.2 Å². The topological polar surface area (TPSA) is 35.2 Å². The second kappa shape index (κ2) is 5.06. The lowest BCUT2D eigenvalue weighted by Crippen LogP contribution is -2.11. The summed E-state index contributed by atoms with van der Waals surface area (Å²) in [6.07, 6.45) is 0. The van der Waals surface area contributed by atoms with Crippen molar-refractivity contribution in [1.82, 2.24) is 0 Å². The van der Waals surface area contributed by atoms with Crippen LogP contribution in [0.25, 0.3) is 0 Å². The maximum absolute atomic E-state index is 5.19. The smallest absolute Gasteiger partial charge is 0.0588 e. The molecule has 2 heteroatoms. The second-order valence-electron chi connectivity index (χ2n) is 2.26. The van der Waals surface area contributed by atoms with E-state index in [1.165, 1.54) is 0 Å². The molecule has 0 aliphatic rings. The molecule has 50 valence electrons. The minimum atomic E-state index is 0.626. The van der Waals surface area contributed by atoms with Gasteiger partial charge in [0.1, 0.15) is 0 Å². The van der Waals surface area contributed by atoms with Crippen molar-refractivity contribution in [2.24, 2.45) is 11.7 Å². The van der Waals surface area contributed by atoms with Crippen LogP contribution in [0.4, 0.5) is 0 Å². The quantitative estimate of drug-likeness (QED) is 0.548. The monoisotopic (exact) mass is 117 g/mol. The van der Waals surface area contributed by atoms with Crippen molar-refractivity contribution in [3.05, 3.63) is 0 Å². The van der Waals surface area contributed by atoms with Crippen molar-refractivity contribution in [3.63, 3.8) is 0 Å². The van der Waals surface area contributed by atoms with E-state index in [1.807, 2.05) is 0 Å². The average Bonchev–Trinajstić information content (AvgIpc) is 1.66. The number of nitrogens with two attached hydrogens (primary N) is 1. The van der Waals surface area contributed by atoms with Crippen molar-refractivity contribution in [3.8, 4) is 0 Å². The SMILES string of the molecule is CC(C)COCCN. The van der Waals surface area contributed by atoms with E-state index < -0.39 is 0 Å². The van der Waals surface area contributed by atoms with Gasteiger partial charge in [0.2, 0.25) is 0 Å². The number of hydrogen-bond acceptors (Lipinski definition) is 2. The van der Waals surface area contributed by atoms with Gasteiger partial charge < -0.3 is 10.5 Å². The van der Waals surface area contributed by atoms with Crippen molar-refractivity contribution in [2.75, 3.05) is 19.8 Å². The summed E-state index contributed by atoms with van der Waals surface area (Å²) < 4.78 is 5.12. The molecule has 0 aromatic rings. The second-order valence-corrected chi connectivity index (χ2v) is 2.26. The van der Waals surface area contributed by atoms with E-state index in [-0.39, 0.29) is 0 Å². The molecule has 2 N–H and O–H groups in total. The molecule has 0 aromatic heterocycles. The van der Waals surface area contributed by atoms with Crippen LogP contribution in [-0.2, 0) is 4.74 Å². The summed E-state index contributed by atoms with van der Waals surface area (Å²) in [4.78, 5) is 0. The molecular formula is C6H15NO. The fourth-order valence-electron chi connectivity index (χ4n) is 0.402. The molecule has 0 saturated heterocycles. The zero-order chi connectivity index (χ0) is 6.41. The summed E-state index contributed by atoms with van der Waals surface area (Å²) in [5.41, 5.74) is 5.19. The summed E-state index contributed by atoms with van der Waals surface area (Å²) in [6.45, 7) is 6.40. The van der Waals surface area contributed by atoms with Gasteiger partial charge in [-0.3, -0.25) is 0 Å². The molecule has 0 aliphatic carbocycles. The van der Waals surface area contributed by atoms with E-state index in [4.69, 9.17) is 10.5 Å². The Hall–Kier alpha value is -0.0800. The van der Waals surface area contributed by atoms with Gasteiger partial charge in [-0.25, -0.2) is 0 Å². The molecule has 0 rings (SSSR count). The zero-order valence-corrected chi connectivity index (χ0v) is 5.68. The van der Waals surface area contributed by atoms with E-state index in [0.717, 1.165) is 6.61 Å². The normalized spacial score (nSPS) is 10.5. The van der Waals surface area contributed by atoms with Gasteiger partial charge in [0.05, 0.1) is 6.61 Å². The molecule has 0 bridgehead atoms. The summed E-state index contributed by atoms with van der Waals surface area (Å²) in [5, 5.41) is 0. The van der Waals surface area contributed by atoms with Crippen LogP contribution in [0.2, 0.25) is 0 Å². The summed E-state index contributed by atoms with van der Waals surface area (Å²) in [6, 6.07) is 0. The highest BCUT2D eigenvalue weighted by Crippen LogP contribution is 1.90. The summed E-state index contributed by atoms with van der Waals surface area (Å²) >= 11 is 0. The first kappa shape index (κ1) is 7.92. The highest BCUT2D eigenvalue weighted by Gasteiger charge is 1.90. The standard InChI is InChI=1S/C6H15NO/c1-6(2)5-8-4-3-7/h6H,3-5,7H2,1-2H3. The third-order valence-corrected chi connectivity index (χ3v) is 0.713. The van der Waals surface area contributed by atoms with Gasteiger partial charge in [0.25, 0.3) is 0 Å². The first-order valence-electron chi connectivity index (χ1n) is 3.05. The molecular weight excluding hydrogens is 102 g/mol. The molecule has 0 spiro atoms. The van der Waals surface area contributed by atoms with Gasteiger partial charge in [-0.15, -0.1) is 0 Å². The Kier molecular flexibility index (Phi) is 5.01. The van der Waals surface area contributed by atoms with E-state index in [2.05, 4.69) is 13.8 Å². The van der Waals surface area contributed by atoms with Crippen LogP contribution in [0.15, 0.2) is 0 Å². The Morgan fingerprint density at radius 1 is 1.50 bits per heavy atom. The predicted molar refractivity (Wildman–Crippen MR) is 34.7 cm³/mol. The first-order valence-corrected chi connectivity index (χ1v) is 3.05. The number of ether oxygens (including phenoxy) is 1. The van der Waals surface area contributed by atoms with Crippen molar-refractivity contribution >= 4 is 0 Å². The lowest BCUT2D eigenvalue weighted by atomic mass is 10.2. The van der Waals surface area contributed by atoms with Crippen LogP contribution in [0.1, 0.15) is 13.8 Å². The van der Waals surface area contributed by atoms with Crippen molar-refractivity contribution in [1.29, 1.82) is 0 Å². The molecule has 0 atom stereocenters. The Morgan fingerprint density at radius 3 is 2.50 bits per heavy atom. The molecule has 0 radical (unpaired) electrons. The van der Waals surface area contributed by atoms with Gasteiger partial charge >= 0.3 is 0 Å². The Bertz CT molecular complexity index is 45.8. The lowest BCUT2D eigenvalue weighted by molar-refractivity contribution is 0.116. The molecule has 0 aliphatic heterocycles. The van der Waals surface area contributed by atoms with Crippen LogP contribution in [0.3, 0.4) is 0 Å². The molecule has 0 unspecified atom stereocenters. The lowest BCUT2D eigenvalue weighted by Gasteiger charge is -2.03. The van der Waals surface area contributed by atoms with Crippen molar-refractivity contribution < 1.29 is 4.74 Å². The van der Waals surface area contributed by atoms with E-state index in [0.29, 0.717) is 19.1 Å². The van der Waals surface area contributed by atoms with E-state index in [1.54, 1.807) is 0 Å². The molecule has 0 amide bonds. The van der Waals surface area contributed by atoms with Gasteiger partial charge in [-0.1, -0.05) is 13.8 Å². The predicted octanol–water partition coefficient (Wildman–Crippen LogP) is 0.618. The number of rotatable bonds is 4. The molecule has 8 heavy (non-hydrogen) atoms. The Morgan fingerprint density at radius 2 is 2.12 bits per heavy atom. The molecule has 0 heterocycles. The van der Waals surface area contributed by atoms with Crippen LogP contribution >= 0.6 is 0 Å². The van der Waals surface area contributed by atoms with Crippen LogP contribution in [0, 0.1) is 5.92 Å². The highest BCUT2D eigenvalue weighted by molar-refractivity contribution is 4.39. The van der Waals surface area contributed by atoms with Gasteiger partial charge in [-0.2, -0.15) is 0 Å². The third-order valence-electron chi connectivity index (χ3n) is 0.713. The van der Waals surface area contributed by atoms with Crippen LogP contribution in [-0.4, -0.2) is 19.8 Å². The minimum absolute atomic E-state index is 0.626. The summed E-state index contributed by atoms with van der Waals surface area (Å²) in [7, 11) is 0. The van der Waals surface area contributed by atoms with Crippen LogP contribution in [0.5, 0.6) is 0 Å². The molecule has 0 saturated carbocycles. The average molecular weight is 117 g/mol. The largest absolute Gasteiger partial charge is 0.380 e. The third kappa shape index (κ3) is 5.92. The minimum Gasteiger partial charge on any atom is -0.380 e. The first-order chi connectivity index (χ1) is 3.77. The molecule has 0 aromatic carbocycles. The Balaban J connectivity index is 2.72. The molecule has 2 nitrogen and oxygen atoms in total. The van der Waals surface area contributed by atoms with Crippen molar-refractivity contribution in [2.45, 2.75) is 13.8 Å². The maximum Gasteiger partial charge on any atom is 0.0588 e. The fraction of sp³-hybridized carbons (Fsp3) is 1.00. The highest BCUT2D eigenvalue weighted by atomic mass is 16.5. The van der Waals surface area contributed by atoms with E-state index >= 15 is 0 Å². The van der Waals surface area contributed by atoms with Crippen LogP contribution < -0.4 is 5.73 Å². The summed E-state index contributed by atoms with van der Waals surface area (Å²) in [5.74, 6) is 0.626. The Labute approximate surface area is 51.0 Å².